The number of methoxy groups -OCH3 is 1. The summed E-state index contributed by atoms with van der Waals surface area (Å²) in [6.07, 6.45) is 0. The third kappa shape index (κ3) is 6.00. The topological polar surface area (TPSA) is 102 Å². The van der Waals surface area contributed by atoms with E-state index in [1.807, 2.05) is 0 Å². The number of halogens is 1. The lowest BCUT2D eigenvalue weighted by atomic mass is 10.1. The van der Waals surface area contributed by atoms with Crippen molar-refractivity contribution in [2.45, 2.75) is 26.1 Å². The third-order valence-electron chi connectivity index (χ3n) is 4.54. The molecule has 0 heterocycles. The molecule has 9 heteroatoms. The van der Waals surface area contributed by atoms with Crippen LogP contribution in [-0.2, 0) is 22.6 Å². The molecule has 2 aromatic carbocycles. The molecular weight excluding hydrogens is 398 g/mol. The number of nitrogens with zero attached hydrogens (tertiary/aromatic N) is 2. The molecule has 0 aliphatic rings. The van der Waals surface area contributed by atoms with Crippen LogP contribution in [0.1, 0.15) is 28.4 Å². The molecule has 29 heavy (non-hydrogen) atoms. The molecule has 0 radical (unpaired) electrons. The number of hydrogen-bond acceptors (Lipinski definition) is 6. The number of amides is 1. The molecule has 0 saturated carbocycles. The summed E-state index contributed by atoms with van der Waals surface area (Å²) >= 11 is 6.13. The van der Waals surface area contributed by atoms with E-state index < -0.39 is 16.9 Å². The third-order valence-corrected chi connectivity index (χ3v) is 4.91. The van der Waals surface area contributed by atoms with E-state index in [9.17, 15) is 19.7 Å². The van der Waals surface area contributed by atoms with Crippen molar-refractivity contribution in [2.24, 2.45) is 0 Å². The van der Waals surface area contributed by atoms with Crippen LogP contribution in [0.5, 0.6) is 0 Å². The highest BCUT2D eigenvalue weighted by Crippen LogP contribution is 2.23. The fourth-order valence-electron chi connectivity index (χ4n) is 2.62. The predicted molar refractivity (Wildman–Crippen MR) is 109 cm³/mol. The molecule has 8 nitrogen and oxygen atoms in total. The molecule has 0 aromatic heterocycles. The van der Waals surface area contributed by atoms with Crippen molar-refractivity contribution in [3.05, 3.63) is 74.3 Å². The smallest absolute Gasteiger partial charge is 0.337 e. The lowest BCUT2D eigenvalue weighted by Crippen LogP contribution is -2.42. The molecule has 2 rings (SSSR count). The Bertz CT molecular complexity index is 901. The highest BCUT2D eigenvalue weighted by molar-refractivity contribution is 6.31. The normalized spacial score (nSPS) is 11.8. The van der Waals surface area contributed by atoms with E-state index >= 15 is 0 Å². The number of carbonyl (C=O) groups is 2. The number of carbonyl (C=O) groups excluding carboxylic acids is 2. The molecule has 1 atom stereocenters. The van der Waals surface area contributed by atoms with Gasteiger partial charge in [-0.1, -0.05) is 23.7 Å². The number of nitro benzene ring substituents is 1. The van der Waals surface area contributed by atoms with Gasteiger partial charge >= 0.3 is 5.97 Å². The van der Waals surface area contributed by atoms with Crippen LogP contribution in [0.2, 0.25) is 5.02 Å². The molecule has 0 fully saturated rings. The highest BCUT2D eigenvalue weighted by Gasteiger charge is 2.20. The molecule has 0 spiro atoms. The van der Waals surface area contributed by atoms with Crippen LogP contribution >= 0.6 is 11.6 Å². The zero-order valence-electron chi connectivity index (χ0n) is 16.3. The highest BCUT2D eigenvalue weighted by atomic mass is 35.5. The van der Waals surface area contributed by atoms with E-state index in [1.54, 1.807) is 43.1 Å². The van der Waals surface area contributed by atoms with Gasteiger partial charge < -0.3 is 10.1 Å². The second-order valence-corrected chi connectivity index (χ2v) is 6.94. The Morgan fingerprint density at radius 3 is 2.48 bits per heavy atom. The van der Waals surface area contributed by atoms with E-state index in [1.165, 1.54) is 25.3 Å². The van der Waals surface area contributed by atoms with Gasteiger partial charge in [-0.3, -0.25) is 19.8 Å². The summed E-state index contributed by atoms with van der Waals surface area (Å²) in [6.45, 7) is 2.32. The van der Waals surface area contributed by atoms with E-state index in [0.717, 1.165) is 5.56 Å². The Morgan fingerprint density at radius 1 is 1.24 bits per heavy atom. The number of likely N-dealkylation sites (N-methyl/N-ethyl adjacent to an activating group) is 1. The molecule has 154 valence electrons. The maximum absolute atomic E-state index is 12.5. The number of esters is 1. The van der Waals surface area contributed by atoms with Crippen LogP contribution in [0.3, 0.4) is 0 Å². The maximum Gasteiger partial charge on any atom is 0.337 e. The first-order valence-corrected chi connectivity index (χ1v) is 9.18. The number of hydrogen-bond donors (Lipinski definition) is 1. The van der Waals surface area contributed by atoms with Crippen LogP contribution in [0.25, 0.3) is 0 Å². The monoisotopic (exact) mass is 419 g/mol. The average Bonchev–Trinajstić information content (AvgIpc) is 2.72. The van der Waals surface area contributed by atoms with E-state index in [2.05, 4.69) is 10.1 Å². The summed E-state index contributed by atoms with van der Waals surface area (Å²) in [5, 5.41) is 14.2. The average molecular weight is 420 g/mol. The fourth-order valence-corrected chi connectivity index (χ4v) is 2.79. The van der Waals surface area contributed by atoms with Gasteiger partial charge in [-0.25, -0.2) is 4.79 Å². The molecule has 0 aliphatic heterocycles. The van der Waals surface area contributed by atoms with Crippen molar-refractivity contribution in [2.75, 3.05) is 14.2 Å². The predicted octanol–water partition coefficient (Wildman–Crippen LogP) is 3.17. The number of rotatable bonds is 8. The van der Waals surface area contributed by atoms with Crippen LogP contribution in [0.15, 0.2) is 42.5 Å². The molecule has 1 amide bonds. The molecule has 2 aromatic rings. The Morgan fingerprint density at radius 2 is 1.90 bits per heavy atom. The first kappa shape index (κ1) is 22.3. The van der Waals surface area contributed by atoms with Crippen molar-refractivity contribution in [3.63, 3.8) is 0 Å². The first-order valence-electron chi connectivity index (χ1n) is 8.81. The van der Waals surface area contributed by atoms with Gasteiger partial charge in [0.1, 0.15) is 0 Å². The zero-order chi connectivity index (χ0) is 21.6. The van der Waals surface area contributed by atoms with Crippen molar-refractivity contribution >= 4 is 29.2 Å². The van der Waals surface area contributed by atoms with Gasteiger partial charge in [0.2, 0.25) is 5.91 Å². The number of benzene rings is 2. The van der Waals surface area contributed by atoms with E-state index in [-0.39, 0.29) is 18.1 Å². The lowest BCUT2D eigenvalue weighted by molar-refractivity contribution is -0.384. The standard InChI is InChI=1S/C20H22ClN3O5/c1-13(23(2)12-16-10-17(24(27)28)8-9-18(16)21)19(25)22-11-14-4-6-15(7-5-14)20(26)29-3/h4-10,13H,11-12H2,1-3H3,(H,22,25). The van der Waals surface area contributed by atoms with Gasteiger partial charge in [-0.2, -0.15) is 0 Å². The first-order chi connectivity index (χ1) is 13.7. The number of nitro groups is 1. The van der Waals surface area contributed by atoms with Crippen LogP contribution < -0.4 is 5.32 Å². The summed E-state index contributed by atoms with van der Waals surface area (Å²) in [6, 6.07) is 10.5. The molecule has 0 bridgehead atoms. The summed E-state index contributed by atoms with van der Waals surface area (Å²) in [7, 11) is 3.06. The van der Waals surface area contributed by atoms with Gasteiger partial charge in [0.15, 0.2) is 0 Å². The van der Waals surface area contributed by atoms with Crippen LogP contribution in [0.4, 0.5) is 5.69 Å². The van der Waals surface area contributed by atoms with Gasteiger partial charge in [0, 0.05) is 30.2 Å². The van der Waals surface area contributed by atoms with Crippen molar-refractivity contribution < 1.29 is 19.2 Å². The lowest BCUT2D eigenvalue weighted by Gasteiger charge is -2.24. The molecular formula is C20H22ClN3O5. The van der Waals surface area contributed by atoms with Crippen LogP contribution in [-0.4, -0.2) is 41.9 Å². The summed E-state index contributed by atoms with van der Waals surface area (Å²) in [5.41, 5.74) is 1.79. The Hall–Kier alpha value is -2.97. The Labute approximate surface area is 173 Å². The zero-order valence-corrected chi connectivity index (χ0v) is 17.1. The van der Waals surface area contributed by atoms with Crippen molar-refractivity contribution in [3.8, 4) is 0 Å². The number of ether oxygens (including phenoxy) is 1. The van der Waals surface area contributed by atoms with Gasteiger partial charge in [0.05, 0.1) is 23.6 Å². The Balaban J connectivity index is 1.95. The van der Waals surface area contributed by atoms with Gasteiger partial charge in [-0.15, -0.1) is 0 Å². The summed E-state index contributed by atoms with van der Waals surface area (Å²) in [4.78, 5) is 36.1. The number of nitrogens with one attached hydrogen (secondary N) is 1. The molecule has 1 unspecified atom stereocenters. The maximum atomic E-state index is 12.5. The van der Waals surface area contributed by atoms with E-state index in [0.29, 0.717) is 22.7 Å². The second-order valence-electron chi connectivity index (χ2n) is 6.53. The summed E-state index contributed by atoms with van der Waals surface area (Å²) < 4.78 is 4.65. The SMILES string of the molecule is COC(=O)c1ccc(CNC(=O)C(C)N(C)Cc2cc([N+](=O)[O-])ccc2Cl)cc1. The molecule has 1 N–H and O–H groups in total. The fraction of sp³-hybridized carbons (Fsp3) is 0.300. The second kappa shape index (κ2) is 9.99. The minimum absolute atomic E-state index is 0.0506. The minimum atomic E-state index is -0.486. The van der Waals surface area contributed by atoms with Crippen LogP contribution in [0, 0.1) is 10.1 Å². The van der Waals surface area contributed by atoms with E-state index in [4.69, 9.17) is 11.6 Å². The Kier molecular flexibility index (Phi) is 7.69. The number of non-ortho nitro benzene ring substituents is 1. The van der Waals surface area contributed by atoms with Gasteiger partial charge in [0.25, 0.3) is 5.69 Å². The minimum Gasteiger partial charge on any atom is -0.465 e. The van der Waals surface area contributed by atoms with Crippen molar-refractivity contribution in [1.29, 1.82) is 0 Å². The molecule has 0 saturated heterocycles. The van der Waals surface area contributed by atoms with Crippen molar-refractivity contribution in [1.82, 2.24) is 10.2 Å². The quantitative estimate of drug-likeness (QED) is 0.400. The van der Waals surface area contributed by atoms with Gasteiger partial charge in [-0.05, 0) is 43.3 Å². The summed E-state index contributed by atoms with van der Waals surface area (Å²) in [5.74, 6) is -0.623. The largest absolute Gasteiger partial charge is 0.465 e. The molecule has 0 aliphatic carbocycles.